The average molecular weight is 449 g/mol. The first kappa shape index (κ1) is 21.2. The summed E-state index contributed by atoms with van der Waals surface area (Å²) >= 11 is 7.50. The Hall–Kier alpha value is -3.09. The Morgan fingerprint density at radius 1 is 0.968 bits per heavy atom. The number of amides is 1. The van der Waals surface area contributed by atoms with Crippen LogP contribution in [0.3, 0.4) is 0 Å². The van der Waals surface area contributed by atoms with Gasteiger partial charge in [-0.2, -0.15) is 0 Å². The third-order valence-corrected chi connectivity index (χ3v) is 6.25. The summed E-state index contributed by atoms with van der Waals surface area (Å²) in [5, 5.41) is 13.1. The first-order valence-electron chi connectivity index (χ1n) is 9.79. The molecule has 4 aromatic rings. The highest BCUT2D eigenvalue weighted by atomic mass is 35.5. The van der Waals surface area contributed by atoms with Gasteiger partial charge in [0, 0.05) is 22.0 Å². The first-order valence-corrected chi connectivity index (χ1v) is 11.2. The SMILES string of the molecule is Cc1ccccc1-c1nnc(SCC(=O)Nc2cccc(Cl)c2C)n1-c1ccccc1. The monoisotopic (exact) mass is 448 g/mol. The molecular formula is C24H21ClN4OS. The zero-order valence-corrected chi connectivity index (χ0v) is 18.7. The van der Waals surface area contributed by atoms with Crippen LogP contribution in [0, 0.1) is 13.8 Å². The number of aryl methyl sites for hydroxylation is 1. The van der Waals surface area contributed by atoms with E-state index in [0.29, 0.717) is 15.9 Å². The minimum atomic E-state index is -0.129. The number of aromatic nitrogens is 3. The number of rotatable bonds is 6. The number of halogens is 1. The van der Waals surface area contributed by atoms with Gasteiger partial charge in [0.25, 0.3) is 0 Å². The quantitative estimate of drug-likeness (QED) is 0.371. The topological polar surface area (TPSA) is 59.8 Å². The fraction of sp³-hybridized carbons (Fsp3) is 0.125. The molecule has 0 aliphatic heterocycles. The number of anilines is 1. The van der Waals surface area contributed by atoms with Crippen molar-refractivity contribution in [1.29, 1.82) is 0 Å². The van der Waals surface area contributed by atoms with E-state index in [1.165, 1.54) is 11.8 Å². The maximum absolute atomic E-state index is 12.6. The Balaban J connectivity index is 1.61. The van der Waals surface area contributed by atoms with Gasteiger partial charge in [-0.15, -0.1) is 10.2 Å². The van der Waals surface area contributed by atoms with E-state index < -0.39 is 0 Å². The summed E-state index contributed by atoms with van der Waals surface area (Å²) in [5.74, 6) is 0.818. The van der Waals surface area contributed by atoms with E-state index in [-0.39, 0.29) is 11.7 Å². The second kappa shape index (κ2) is 9.37. The lowest BCUT2D eigenvalue weighted by Gasteiger charge is -2.12. The molecule has 0 radical (unpaired) electrons. The number of carbonyl (C=O) groups is 1. The van der Waals surface area contributed by atoms with Gasteiger partial charge in [0.1, 0.15) is 0 Å². The molecule has 0 aliphatic carbocycles. The van der Waals surface area contributed by atoms with Crippen molar-refractivity contribution in [2.24, 2.45) is 0 Å². The van der Waals surface area contributed by atoms with Crippen molar-refractivity contribution in [3.63, 3.8) is 0 Å². The summed E-state index contributed by atoms with van der Waals surface area (Å²) in [6.45, 7) is 3.93. The van der Waals surface area contributed by atoms with E-state index in [1.807, 2.05) is 85.1 Å². The number of nitrogens with zero attached hydrogens (tertiary/aromatic N) is 3. The van der Waals surface area contributed by atoms with Crippen molar-refractivity contribution in [2.75, 3.05) is 11.1 Å². The Labute approximate surface area is 190 Å². The third-order valence-electron chi connectivity index (χ3n) is 4.91. The summed E-state index contributed by atoms with van der Waals surface area (Å²) in [7, 11) is 0. The van der Waals surface area contributed by atoms with Crippen LogP contribution in [0.1, 0.15) is 11.1 Å². The smallest absolute Gasteiger partial charge is 0.234 e. The predicted octanol–water partition coefficient (Wildman–Crippen LogP) is 5.94. The van der Waals surface area contributed by atoms with E-state index in [9.17, 15) is 4.79 Å². The van der Waals surface area contributed by atoms with Gasteiger partial charge in [0.05, 0.1) is 5.75 Å². The molecule has 4 rings (SSSR count). The normalized spacial score (nSPS) is 10.8. The summed E-state index contributed by atoms with van der Waals surface area (Å²) in [4.78, 5) is 12.6. The van der Waals surface area contributed by atoms with Crippen LogP contribution in [0.4, 0.5) is 5.69 Å². The second-order valence-electron chi connectivity index (χ2n) is 7.04. The molecule has 0 unspecified atom stereocenters. The zero-order chi connectivity index (χ0) is 21.8. The number of hydrogen-bond donors (Lipinski definition) is 1. The molecule has 1 amide bonds. The lowest BCUT2D eigenvalue weighted by atomic mass is 10.1. The lowest BCUT2D eigenvalue weighted by molar-refractivity contribution is -0.113. The van der Waals surface area contributed by atoms with Gasteiger partial charge in [0.15, 0.2) is 11.0 Å². The van der Waals surface area contributed by atoms with Crippen molar-refractivity contribution in [3.8, 4) is 17.1 Å². The average Bonchev–Trinajstić information content (AvgIpc) is 3.20. The van der Waals surface area contributed by atoms with E-state index in [1.54, 1.807) is 6.07 Å². The largest absolute Gasteiger partial charge is 0.325 e. The Morgan fingerprint density at radius 3 is 2.48 bits per heavy atom. The molecule has 0 fully saturated rings. The summed E-state index contributed by atoms with van der Waals surface area (Å²) in [6, 6.07) is 23.4. The number of thioether (sulfide) groups is 1. The Bertz CT molecular complexity index is 1220. The molecule has 0 atom stereocenters. The molecule has 3 aromatic carbocycles. The molecule has 1 N–H and O–H groups in total. The molecule has 0 saturated heterocycles. The van der Waals surface area contributed by atoms with Crippen molar-refractivity contribution in [2.45, 2.75) is 19.0 Å². The van der Waals surface area contributed by atoms with Crippen molar-refractivity contribution >= 4 is 35.0 Å². The van der Waals surface area contributed by atoms with Crippen LogP contribution in [0.25, 0.3) is 17.1 Å². The maximum Gasteiger partial charge on any atom is 0.234 e. The number of benzene rings is 3. The molecule has 1 aromatic heterocycles. The molecule has 0 spiro atoms. The highest BCUT2D eigenvalue weighted by Crippen LogP contribution is 2.30. The number of para-hydroxylation sites is 1. The molecule has 156 valence electrons. The van der Waals surface area contributed by atoms with E-state index in [0.717, 1.165) is 28.2 Å². The summed E-state index contributed by atoms with van der Waals surface area (Å²) < 4.78 is 1.99. The molecule has 0 bridgehead atoms. The first-order chi connectivity index (χ1) is 15.0. The van der Waals surface area contributed by atoms with Crippen LogP contribution in [0.2, 0.25) is 5.02 Å². The maximum atomic E-state index is 12.6. The van der Waals surface area contributed by atoms with Gasteiger partial charge >= 0.3 is 0 Å². The Morgan fingerprint density at radius 2 is 1.71 bits per heavy atom. The molecule has 0 aliphatic rings. The van der Waals surface area contributed by atoms with Crippen LogP contribution in [-0.2, 0) is 4.79 Å². The van der Waals surface area contributed by atoms with Crippen molar-refractivity contribution in [3.05, 3.63) is 88.9 Å². The molecular weight excluding hydrogens is 428 g/mol. The highest BCUT2D eigenvalue weighted by molar-refractivity contribution is 7.99. The molecule has 31 heavy (non-hydrogen) atoms. The van der Waals surface area contributed by atoms with Crippen LogP contribution < -0.4 is 5.32 Å². The van der Waals surface area contributed by atoms with Gasteiger partial charge in [-0.25, -0.2) is 0 Å². The molecule has 0 saturated carbocycles. The van der Waals surface area contributed by atoms with E-state index >= 15 is 0 Å². The minimum absolute atomic E-state index is 0.129. The van der Waals surface area contributed by atoms with Crippen LogP contribution in [0.15, 0.2) is 78.0 Å². The van der Waals surface area contributed by atoms with Crippen LogP contribution >= 0.6 is 23.4 Å². The second-order valence-corrected chi connectivity index (χ2v) is 8.39. The van der Waals surface area contributed by atoms with Gasteiger partial charge in [-0.1, -0.05) is 71.9 Å². The predicted molar refractivity (Wildman–Crippen MR) is 127 cm³/mol. The van der Waals surface area contributed by atoms with E-state index in [4.69, 9.17) is 11.6 Å². The Kier molecular flexibility index (Phi) is 6.39. The molecule has 1 heterocycles. The van der Waals surface area contributed by atoms with Crippen molar-refractivity contribution in [1.82, 2.24) is 14.8 Å². The standard InChI is InChI=1S/C24H21ClN4OS/c1-16-9-6-7-12-19(16)23-27-28-24(29(23)18-10-4-3-5-11-18)31-15-22(30)26-21-14-8-13-20(25)17(21)2/h3-14H,15H2,1-2H3,(H,26,30). The molecule has 5 nitrogen and oxygen atoms in total. The minimum Gasteiger partial charge on any atom is -0.325 e. The lowest BCUT2D eigenvalue weighted by Crippen LogP contribution is -2.15. The third kappa shape index (κ3) is 4.65. The van der Waals surface area contributed by atoms with Gasteiger partial charge in [-0.3, -0.25) is 9.36 Å². The number of nitrogens with one attached hydrogen (secondary N) is 1. The number of carbonyl (C=O) groups excluding carboxylic acids is 1. The fourth-order valence-electron chi connectivity index (χ4n) is 3.23. The van der Waals surface area contributed by atoms with Crippen LogP contribution in [-0.4, -0.2) is 26.4 Å². The highest BCUT2D eigenvalue weighted by Gasteiger charge is 2.18. The van der Waals surface area contributed by atoms with Gasteiger partial charge in [0.2, 0.25) is 5.91 Å². The molecule has 7 heteroatoms. The zero-order valence-electron chi connectivity index (χ0n) is 17.2. The van der Waals surface area contributed by atoms with Crippen LogP contribution in [0.5, 0.6) is 0 Å². The van der Waals surface area contributed by atoms with Crippen molar-refractivity contribution < 1.29 is 4.79 Å². The summed E-state index contributed by atoms with van der Waals surface area (Å²) in [6.07, 6.45) is 0. The number of hydrogen-bond acceptors (Lipinski definition) is 4. The van der Waals surface area contributed by atoms with Gasteiger partial charge < -0.3 is 5.32 Å². The fourth-order valence-corrected chi connectivity index (χ4v) is 4.16. The summed E-state index contributed by atoms with van der Waals surface area (Å²) in [5.41, 5.74) is 4.61. The van der Waals surface area contributed by atoms with E-state index in [2.05, 4.69) is 15.5 Å². The van der Waals surface area contributed by atoms with Gasteiger partial charge in [-0.05, 0) is 49.2 Å².